The monoisotopic (exact) mass is 349 g/mol. The van der Waals surface area contributed by atoms with Gasteiger partial charge in [-0.2, -0.15) is 9.29 Å². The molecule has 1 aromatic heterocycles. The van der Waals surface area contributed by atoms with E-state index in [2.05, 4.69) is 10.1 Å². The van der Waals surface area contributed by atoms with Crippen LogP contribution in [0.15, 0.2) is 33.7 Å². The fourth-order valence-corrected chi connectivity index (χ4v) is 4.27. The van der Waals surface area contributed by atoms with E-state index >= 15 is 0 Å². The molecule has 0 N–H and O–H groups in total. The molecule has 0 bridgehead atoms. The molecule has 0 atom stereocenters. The number of hydrogen-bond acceptors (Lipinski definition) is 6. The maximum atomic E-state index is 12.5. The van der Waals surface area contributed by atoms with Gasteiger partial charge in [0.25, 0.3) is 0 Å². The third-order valence-corrected chi connectivity index (χ3v) is 6.22. The second-order valence-electron chi connectivity index (χ2n) is 6.19. The van der Waals surface area contributed by atoms with Gasteiger partial charge in [0, 0.05) is 19.0 Å². The van der Waals surface area contributed by atoms with Crippen molar-refractivity contribution < 1.29 is 17.7 Å². The Bertz CT molecular complexity index is 806. The first-order valence-electron chi connectivity index (χ1n) is 8.18. The molecule has 1 aliphatic heterocycles. The van der Waals surface area contributed by atoms with E-state index in [4.69, 9.17) is 9.26 Å². The second kappa shape index (κ2) is 6.18. The van der Waals surface area contributed by atoms with Gasteiger partial charge < -0.3 is 9.26 Å². The van der Waals surface area contributed by atoms with Crippen LogP contribution in [0.4, 0.5) is 0 Å². The summed E-state index contributed by atoms with van der Waals surface area (Å²) >= 11 is 0. The maximum absolute atomic E-state index is 12.5. The van der Waals surface area contributed by atoms with Crippen molar-refractivity contribution >= 4 is 10.0 Å². The van der Waals surface area contributed by atoms with Crippen LogP contribution in [0.3, 0.4) is 0 Å². The summed E-state index contributed by atoms with van der Waals surface area (Å²) in [6.45, 7) is 1.40. The lowest BCUT2D eigenvalue weighted by Crippen LogP contribution is -2.27. The van der Waals surface area contributed by atoms with Gasteiger partial charge in [-0.05, 0) is 49.9 Å². The molecule has 1 aromatic carbocycles. The minimum absolute atomic E-state index is 0.203. The van der Waals surface area contributed by atoms with E-state index in [0.29, 0.717) is 41.4 Å². The molecule has 0 spiro atoms. The van der Waals surface area contributed by atoms with Gasteiger partial charge in [0.1, 0.15) is 5.75 Å². The van der Waals surface area contributed by atoms with Crippen molar-refractivity contribution in [2.24, 2.45) is 0 Å². The number of sulfonamides is 1. The topological polar surface area (TPSA) is 85.5 Å². The van der Waals surface area contributed by atoms with Crippen LogP contribution in [0.25, 0.3) is 0 Å². The highest BCUT2D eigenvalue weighted by molar-refractivity contribution is 7.89. The number of aromatic nitrogens is 2. The Balaban J connectivity index is 1.39. The molecule has 2 aliphatic rings. The van der Waals surface area contributed by atoms with E-state index in [1.54, 1.807) is 24.3 Å². The predicted octanol–water partition coefficient (Wildman–Crippen LogP) is 2.31. The van der Waals surface area contributed by atoms with Crippen molar-refractivity contribution in [2.75, 3.05) is 13.1 Å². The molecule has 2 fully saturated rings. The van der Waals surface area contributed by atoms with Gasteiger partial charge in [0.05, 0.1) is 4.90 Å². The Morgan fingerprint density at radius 3 is 2.54 bits per heavy atom. The van der Waals surface area contributed by atoms with Gasteiger partial charge in [-0.15, -0.1) is 0 Å². The highest BCUT2D eigenvalue weighted by Crippen LogP contribution is 2.38. The van der Waals surface area contributed by atoms with E-state index < -0.39 is 10.0 Å². The van der Waals surface area contributed by atoms with Crippen molar-refractivity contribution in [1.82, 2.24) is 14.4 Å². The molecule has 128 valence electrons. The Hall–Kier alpha value is -1.93. The molecule has 4 rings (SSSR count). The molecular formula is C16H19N3O4S. The van der Waals surface area contributed by atoms with Crippen LogP contribution in [0, 0.1) is 0 Å². The molecule has 0 unspecified atom stereocenters. The van der Waals surface area contributed by atoms with Crippen LogP contribution in [0.2, 0.25) is 0 Å². The summed E-state index contributed by atoms with van der Waals surface area (Å²) in [6, 6.07) is 6.47. The third kappa shape index (κ3) is 3.16. The summed E-state index contributed by atoms with van der Waals surface area (Å²) < 4.78 is 37.2. The van der Waals surface area contributed by atoms with Crippen LogP contribution >= 0.6 is 0 Å². The van der Waals surface area contributed by atoms with Crippen molar-refractivity contribution in [3.63, 3.8) is 0 Å². The van der Waals surface area contributed by atoms with Gasteiger partial charge in [-0.3, -0.25) is 0 Å². The largest absolute Gasteiger partial charge is 0.485 e. The normalized spacial score (nSPS) is 18.8. The minimum Gasteiger partial charge on any atom is -0.485 e. The molecule has 24 heavy (non-hydrogen) atoms. The van der Waals surface area contributed by atoms with Crippen LogP contribution in [0.5, 0.6) is 5.75 Å². The molecule has 1 aliphatic carbocycles. The predicted molar refractivity (Wildman–Crippen MR) is 85.0 cm³/mol. The summed E-state index contributed by atoms with van der Waals surface area (Å²) in [5.41, 5.74) is 0. The Morgan fingerprint density at radius 1 is 1.17 bits per heavy atom. The molecular weight excluding hydrogens is 330 g/mol. The van der Waals surface area contributed by atoms with Gasteiger partial charge in [-0.1, -0.05) is 5.16 Å². The zero-order valence-corrected chi connectivity index (χ0v) is 14.0. The van der Waals surface area contributed by atoms with E-state index in [0.717, 1.165) is 25.7 Å². The minimum atomic E-state index is -3.38. The standard InChI is InChI=1S/C16H19N3O4S/c20-24(21,19-9-1-2-10-19)14-7-5-13(6-8-14)22-11-15-17-16(23-18-15)12-3-4-12/h5-8,12H,1-4,9-11H2. The van der Waals surface area contributed by atoms with Gasteiger partial charge >= 0.3 is 0 Å². The molecule has 7 nitrogen and oxygen atoms in total. The average Bonchev–Trinajstić information content (AvgIpc) is 3.11. The maximum Gasteiger partial charge on any atom is 0.243 e. The number of hydrogen-bond donors (Lipinski definition) is 0. The zero-order valence-electron chi connectivity index (χ0n) is 13.2. The van der Waals surface area contributed by atoms with Crippen molar-refractivity contribution in [3.05, 3.63) is 36.0 Å². The van der Waals surface area contributed by atoms with Crippen molar-refractivity contribution in [1.29, 1.82) is 0 Å². The molecule has 2 heterocycles. The lowest BCUT2D eigenvalue weighted by atomic mass is 10.3. The van der Waals surface area contributed by atoms with Crippen LogP contribution < -0.4 is 4.74 Å². The van der Waals surface area contributed by atoms with Crippen molar-refractivity contribution in [3.8, 4) is 5.75 Å². The summed E-state index contributed by atoms with van der Waals surface area (Å²) in [5.74, 6) is 2.18. The summed E-state index contributed by atoms with van der Waals surface area (Å²) in [5, 5.41) is 3.89. The first-order valence-corrected chi connectivity index (χ1v) is 9.62. The first kappa shape index (κ1) is 15.6. The quantitative estimate of drug-likeness (QED) is 0.795. The highest BCUT2D eigenvalue weighted by Gasteiger charge is 2.29. The van der Waals surface area contributed by atoms with Crippen molar-refractivity contribution in [2.45, 2.75) is 43.1 Å². The number of nitrogens with zero attached hydrogens (tertiary/aromatic N) is 3. The number of rotatable bonds is 6. The van der Waals surface area contributed by atoms with Crippen LogP contribution in [-0.2, 0) is 16.6 Å². The van der Waals surface area contributed by atoms with E-state index in [1.165, 1.54) is 4.31 Å². The zero-order chi connectivity index (χ0) is 16.6. The van der Waals surface area contributed by atoms with Gasteiger partial charge in [0.2, 0.25) is 21.7 Å². The lowest BCUT2D eigenvalue weighted by molar-refractivity contribution is 0.285. The third-order valence-electron chi connectivity index (χ3n) is 4.30. The molecule has 1 saturated carbocycles. The number of benzene rings is 1. The Kier molecular flexibility index (Phi) is 4.01. The van der Waals surface area contributed by atoms with E-state index in [9.17, 15) is 8.42 Å². The molecule has 0 radical (unpaired) electrons. The molecule has 2 aromatic rings. The Labute approximate surface area is 140 Å². The first-order chi connectivity index (χ1) is 11.6. The summed E-state index contributed by atoms with van der Waals surface area (Å²) in [4.78, 5) is 4.59. The van der Waals surface area contributed by atoms with Gasteiger partial charge in [0.15, 0.2) is 6.61 Å². The fourth-order valence-electron chi connectivity index (χ4n) is 2.76. The fraction of sp³-hybridized carbons (Fsp3) is 0.500. The SMILES string of the molecule is O=S(=O)(c1ccc(OCc2noc(C3CC3)n2)cc1)N1CCCC1. The van der Waals surface area contributed by atoms with Crippen LogP contribution in [-0.4, -0.2) is 36.0 Å². The molecule has 0 amide bonds. The summed E-state index contributed by atoms with van der Waals surface area (Å²) in [7, 11) is -3.38. The van der Waals surface area contributed by atoms with Crippen LogP contribution in [0.1, 0.15) is 43.3 Å². The van der Waals surface area contributed by atoms with E-state index in [1.807, 2.05) is 0 Å². The Morgan fingerprint density at radius 2 is 1.88 bits per heavy atom. The number of ether oxygens (including phenoxy) is 1. The highest BCUT2D eigenvalue weighted by atomic mass is 32.2. The molecule has 1 saturated heterocycles. The smallest absolute Gasteiger partial charge is 0.243 e. The van der Waals surface area contributed by atoms with Gasteiger partial charge in [-0.25, -0.2) is 8.42 Å². The lowest BCUT2D eigenvalue weighted by Gasteiger charge is -2.15. The summed E-state index contributed by atoms with van der Waals surface area (Å²) in [6.07, 6.45) is 4.06. The molecule has 8 heteroatoms. The van der Waals surface area contributed by atoms with E-state index in [-0.39, 0.29) is 6.61 Å². The second-order valence-corrected chi connectivity index (χ2v) is 8.13. The average molecular weight is 349 g/mol.